The Morgan fingerprint density at radius 1 is 1.24 bits per heavy atom. The van der Waals surface area contributed by atoms with Crippen molar-refractivity contribution in [3.63, 3.8) is 0 Å². The zero-order valence-electron chi connectivity index (χ0n) is 12.3. The average Bonchev–Trinajstić information content (AvgIpc) is 2.97. The molecule has 5 heteroatoms. The summed E-state index contributed by atoms with van der Waals surface area (Å²) < 4.78 is 0. The van der Waals surface area contributed by atoms with E-state index < -0.39 is 11.9 Å². The molecule has 0 bridgehead atoms. The number of carbonyl (C=O) groups is 2. The largest absolute Gasteiger partial charge is 0.481 e. The fourth-order valence-electron chi connectivity index (χ4n) is 3.54. The molecule has 2 amide bonds. The topological polar surface area (TPSA) is 60.9 Å². The van der Waals surface area contributed by atoms with Crippen molar-refractivity contribution >= 4 is 17.7 Å². The van der Waals surface area contributed by atoms with E-state index in [2.05, 4.69) is 0 Å². The van der Waals surface area contributed by atoms with Gasteiger partial charge < -0.3 is 10.0 Å². The van der Waals surface area contributed by atoms with Crippen molar-refractivity contribution in [1.82, 2.24) is 4.90 Å². The molecule has 2 aliphatic rings. The van der Waals surface area contributed by atoms with Crippen LogP contribution in [0, 0.1) is 5.92 Å². The van der Waals surface area contributed by atoms with Gasteiger partial charge in [0.15, 0.2) is 0 Å². The predicted molar refractivity (Wildman–Crippen MR) is 79.4 cm³/mol. The molecule has 0 radical (unpaired) electrons. The highest BCUT2D eigenvalue weighted by molar-refractivity contribution is 5.95. The molecule has 3 atom stereocenters. The van der Waals surface area contributed by atoms with Crippen molar-refractivity contribution < 1.29 is 14.7 Å². The Morgan fingerprint density at radius 3 is 2.62 bits per heavy atom. The van der Waals surface area contributed by atoms with Crippen molar-refractivity contribution in [2.45, 2.75) is 38.8 Å². The normalized spacial score (nSPS) is 27.8. The van der Waals surface area contributed by atoms with Crippen LogP contribution < -0.4 is 4.90 Å². The number of likely N-dealkylation sites (tertiary alicyclic amines) is 1. The number of carbonyl (C=O) groups excluding carboxylic acids is 1. The van der Waals surface area contributed by atoms with E-state index in [1.54, 1.807) is 4.90 Å². The third kappa shape index (κ3) is 2.17. The minimum absolute atomic E-state index is 0.0660. The van der Waals surface area contributed by atoms with Crippen LogP contribution in [0.2, 0.25) is 0 Å². The Hall–Kier alpha value is -2.04. The lowest BCUT2D eigenvalue weighted by molar-refractivity contribution is -0.142. The summed E-state index contributed by atoms with van der Waals surface area (Å²) in [7, 11) is 0. The standard InChI is InChI=1S/C16H20N2O3/c1-10-9-12-5-3-4-6-14(12)18(10)16(21)17-8-7-13(11(17)2)15(19)20/h3-6,10-11,13H,7-9H2,1-2H3,(H,19,20). The van der Waals surface area contributed by atoms with Crippen LogP contribution in [0.3, 0.4) is 0 Å². The third-order valence-electron chi connectivity index (χ3n) is 4.73. The lowest BCUT2D eigenvalue weighted by atomic mass is 10.0. The van der Waals surface area contributed by atoms with Crippen LogP contribution in [-0.2, 0) is 11.2 Å². The van der Waals surface area contributed by atoms with Crippen LogP contribution in [-0.4, -0.2) is 40.6 Å². The van der Waals surface area contributed by atoms with E-state index in [-0.39, 0.29) is 18.1 Å². The zero-order chi connectivity index (χ0) is 15.1. The number of urea groups is 1. The van der Waals surface area contributed by atoms with Crippen LogP contribution in [0.4, 0.5) is 10.5 Å². The van der Waals surface area contributed by atoms with Crippen LogP contribution in [0.25, 0.3) is 0 Å². The molecule has 1 aromatic rings. The second kappa shape index (κ2) is 5.06. The van der Waals surface area contributed by atoms with Crippen LogP contribution in [0.1, 0.15) is 25.8 Å². The van der Waals surface area contributed by atoms with E-state index >= 15 is 0 Å². The van der Waals surface area contributed by atoms with Gasteiger partial charge in [0.2, 0.25) is 0 Å². The number of hydrogen-bond acceptors (Lipinski definition) is 2. The highest BCUT2D eigenvalue weighted by atomic mass is 16.4. The highest BCUT2D eigenvalue weighted by Gasteiger charge is 2.42. The maximum atomic E-state index is 12.9. The molecule has 0 aliphatic carbocycles. The van der Waals surface area contributed by atoms with Gasteiger partial charge in [-0.3, -0.25) is 9.69 Å². The molecule has 1 aromatic carbocycles. The van der Waals surface area contributed by atoms with Crippen molar-refractivity contribution in [3.05, 3.63) is 29.8 Å². The first-order valence-corrected chi connectivity index (χ1v) is 7.41. The number of carboxylic acid groups (broad SMARTS) is 1. The van der Waals surface area contributed by atoms with E-state index in [0.717, 1.165) is 12.1 Å². The first kappa shape index (κ1) is 13.9. The molecule has 0 aromatic heterocycles. The van der Waals surface area contributed by atoms with Crippen LogP contribution in [0.15, 0.2) is 24.3 Å². The van der Waals surface area contributed by atoms with Gasteiger partial charge in [-0.1, -0.05) is 18.2 Å². The van der Waals surface area contributed by atoms with Gasteiger partial charge in [0.1, 0.15) is 0 Å². The second-order valence-corrected chi connectivity index (χ2v) is 6.00. The molecule has 5 nitrogen and oxygen atoms in total. The smallest absolute Gasteiger partial charge is 0.325 e. The van der Waals surface area contributed by atoms with Gasteiger partial charge in [-0.15, -0.1) is 0 Å². The number of hydrogen-bond donors (Lipinski definition) is 1. The Labute approximate surface area is 124 Å². The third-order valence-corrected chi connectivity index (χ3v) is 4.73. The summed E-state index contributed by atoms with van der Waals surface area (Å²) in [5, 5.41) is 9.21. The number of anilines is 1. The molecule has 1 saturated heterocycles. The van der Waals surface area contributed by atoms with Crippen LogP contribution in [0.5, 0.6) is 0 Å². The molecule has 112 valence electrons. The molecule has 1 fully saturated rings. The Balaban J connectivity index is 1.85. The van der Waals surface area contributed by atoms with Gasteiger partial charge in [-0.2, -0.15) is 0 Å². The number of para-hydroxylation sites is 1. The first-order chi connectivity index (χ1) is 10.0. The van der Waals surface area contributed by atoms with Crippen molar-refractivity contribution in [2.75, 3.05) is 11.4 Å². The number of nitrogens with zero attached hydrogens (tertiary/aromatic N) is 2. The van der Waals surface area contributed by atoms with Gasteiger partial charge in [0, 0.05) is 24.3 Å². The number of carboxylic acids is 1. The summed E-state index contributed by atoms with van der Waals surface area (Å²) in [5.41, 5.74) is 2.14. The van der Waals surface area contributed by atoms with Gasteiger partial charge in [0.25, 0.3) is 0 Å². The summed E-state index contributed by atoms with van der Waals surface area (Å²) in [5.74, 6) is -1.27. The summed E-state index contributed by atoms with van der Waals surface area (Å²) >= 11 is 0. The molecule has 2 aliphatic heterocycles. The number of benzene rings is 1. The van der Waals surface area contributed by atoms with Crippen molar-refractivity contribution in [3.8, 4) is 0 Å². The fraction of sp³-hybridized carbons (Fsp3) is 0.500. The lowest BCUT2D eigenvalue weighted by Gasteiger charge is -2.31. The summed E-state index contributed by atoms with van der Waals surface area (Å²) in [6.45, 7) is 4.38. The SMILES string of the molecule is CC1C(C(=O)O)CCN1C(=O)N1c2ccccc2CC1C. The first-order valence-electron chi connectivity index (χ1n) is 7.41. The number of amides is 2. The van der Waals surface area contributed by atoms with Crippen LogP contribution >= 0.6 is 0 Å². The highest BCUT2D eigenvalue weighted by Crippen LogP contribution is 2.35. The molecule has 0 spiro atoms. The quantitative estimate of drug-likeness (QED) is 0.863. The Morgan fingerprint density at radius 2 is 1.95 bits per heavy atom. The van der Waals surface area contributed by atoms with Gasteiger partial charge in [-0.05, 0) is 38.3 Å². The van der Waals surface area contributed by atoms with Gasteiger partial charge in [-0.25, -0.2) is 4.79 Å². The second-order valence-electron chi connectivity index (χ2n) is 6.00. The maximum Gasteiger partial charge on any atom is 0.325 e. The average molecular weight is 288 g/mol. The van der Waals surface area contributed by atoms with E-state index in [4.69, 9.17) is 0 Å². The Kier molecular flexibility index (Phi) is 3.35. The maximum absolute atomic E-state index is 12.9. The number of aliphatic carboxylic acids is 1. The van der Waals surface area contributed by atoms with Gasteiger partial charge >= 0.3 is 12.0 Å². The number of rotatable bonds is 1. The predicted octanol–water partition coefficient (Wildman–Crippen LogP) is 2.35. The molecule has 3 rings (SSSR count). The van der Waals surface area contributed by atoms with E-state index in [1.807, 2.05) is 43.0 Å². The van der Waals surface area contributed by atoms with Gasteiger partial charge in [0.05, 0.1) is 5.92 Å². The van der Waals surface area contributed by atoms with E-state index in [9.17, 15) is 14.7 Å². The molecule has 3 unspecified atom stereocenters. The van der Waals surface area contributed by atoms with E-state index in [1.165, 1.54) is 5.56 Å². The van der Waals surface area contributed by atoms with Crippen molar-refractivity contribution in [2.24, 2.45) is 5.92 Å². The molecule has 21 heavy (non-hydrogen) atoms. The molecule has 0 saturated carbocycles. The summed E-state index contributed by atoms with van der Waals surface area (Å²) in [4.78, 5) is 27.6. The lowest BCUT2D eigenvalue weighted by Crippen LogP contribution is -2.48. The molecule has 2 heterocycles. The Bertz CT molecular complexity index is 587. The zero-order valence-corrected chi connectivity index (χ0v) is 12.3. The van der Waals surface area contributed by atoms with Crippen molar-refractivity contribution in [1.29, 1.82) is 0 Å². The minimum atomic E-state index is -0.812. The molecular weight excluding hydrogens is 268 g/mol. The molecule has 1 N–H and O–H groups in total. The monoisotopic (exact) mass is 288 g/mol. The number of fused-ring (bicyclic) bond motifs is 1. The van der Waals surface area contributed by atoms with E-state index in [0.29, 0.717) is 13.0 Å². The summed E-state index contributed by atoms with van der Waals surface area (Å²) in [6, 6.07) is 7.73. The minimum Gasteiger partial charge on any atom is -0.481 e. The molecular formula is C16H20N2O3. The fourth-order valence-corrected chi connectivity index (χ4v) is 3.54. The summed E-state index contributed by atoms with van der Waals surface area (Å²) in [6.07, 6.45) is 1.39.